The molecule has 0 fully saturated rings. The summed E-state index contributed by atoms with van der Waals surface area (Å²) >= 11 is 1.36. The quantitative estimate of drug-likeness (QED) is 0.550. The van der Waals surface area contributed by atoms with Gasteiger partial charge in [0.1, 0.15) is 11.5 Å². The number of aromatic nitrogens is 3. The fourth-order valence-electron chi connectivity index (χ4n) is 3.47. The lowest BCUT2D eigenvalue weighted by molar-refractivity contribution is -0.120. The van der Waals surface area contributed by atoms with Crippen LogP contribution < -0.4 is 19.1 Å². The summed E-state index contributed by atoms with van der Waals surface area (Å²) in [6.07, 6.45) is 1.31. The smallest absolute Gasteiger partial charge is 0.247 e. The third-order valence-electron chi connectivity index (χ3n) is 4.97. The van der Waals surface area contributed by atoms with Crippen molar-refractivity contribution in [2.24, 2.45) is 0 Å². The lowest BCUT2D eigenvalue weighted by Crippen LogP contribution is -2.37. The zero-order chi connectivity index (χ0) is 22.0. The van der Waals surface area contributed by atoms with E-state index in [1.807, 2.05) is 37.4 Å². The van der Waals surface area contributed by atoms with Crippen molar-refractivity contribution in [3.8, 4) is 28.6 Å². The molecule has 0 saturated heterocycles. The second-order valence-corrected chi connectivity index (χ2v) is 7.44. The van der Waals surface area contributed by atoms with Crippen molar-refractivity contribution in [1.82, 2.24) is 15.2 Å². The Morgan fingerprint density at radius 2 is 1.97 bits per heavy atom. The number of fused-ring (bicyclic) bond motifs is 3. The summed E-state index contributed by atoms with van der Waals surface area (Å²) in [5.74, 6) is 1.36. The Kier molecular flexibility index (Phi) is 5.94. The van der Waals surface area contributed by atoms with Crippen molar-refractivity contribution in [3.63, 3.8) is 0 Å². The number of carbonyl (C=O) groups excluding carboxylic acids is 1. The van der Waals surface area contributed by atoms with Crippen LogP contribution in [0.1, 0.15) is 25.1 Å². The highest BCUT2D eigenvalue weighted by molar-refractivity contribution is 7.98. The molecule has 0 spiro atoms. The highest BCUT2D eigenvalue weighted by Crippen LogP contribution is 2.45. The Labute approximate surface area is 184 Å². The SMILES string of the molecule is CCC(=O)N1c2ccccc2-c2nnc(SC)nc2O[C@H]1c1cc(OC)ccc1OC. The maximum Gasteiger partial charge on any atom is 0.247 e. The molecule has 31 heavy (non-hydrogen) atoms. The first kappa shape index (κ1) is 20.9. The van der Waals surface area contributed by atoms with Crippen LogP contribution in [0.4, 0.5) is 5.69 Å². The number of hydrogen-bond acceptors (Lipinski definition) is 8. The molecule has 2 aromatic carbocycles. The van der Waals surface area contributed by atoms with Crippen LogP contribution in [-0.4, -0.2) is 41.6 Å². The molecule has 3 aromatic rings. The van der Waals surface area contributed by atoms with Gasteiger partial charge in [0, 0.05) is 12.0 Å². The van der Waals surface area contributed by atoms with Crippen LogP contribution >= 0.6 is 11.8 Å². The van der Waals surface area contributed by atoms with Gasteiger partial charge in [-0.05, 0) is 30.5 Å². The average Bonchev–Trinajstić information content (AvgIpc) is 2.97. The highest BCUT2D eigenvalue weighted by atomic mass is 32.2. The number of anilines is 1. The maximum atomic E-state index is 13.2. The summed E-state index contributed by atoms with van der Waals surface area (Å²) in [5.41, 5.74) is 2.49. The van der Waals surface area contributed by atoms with Crippen molar-refractivity contribution < 1.29 is 19.0 Å². The largest absolute Gasteiger partial charge is 0.497 e. The van der Waals surface area contributed by atoms with Crippen molar-refractivity contribution in [2.45, 2.75) is 24.7 Å². The van der Waals surface area contributed by atoms with Crippen LogP contribution in [0.3, 0.4) is 0 Å². The van der Waals surface area contributed by atoms with Crippen molar-refractivity contribution >= 4 is 23.4 Å². The normalized spacial score (nSPS) is 14.7. The minimum absolute atomic E-state index is 0.117. The Balaban J connectivity index is 2.01. The molecule has 0 unspecified atom stereocenters. The average molecular weight is 439 g/mol. The fraction of sp³-hybridized carbons (Fsp3) is 0.273. The zero-order valence-electron chi connectivity index (χ0n) is 17.7. The Morgan fingerprint density at radius 1 is 1.16 bits per heavy atom. The van der Waals surface area contributed by atoms with Crippen LogP contribution in [-0.2, 0) is 4.79 Å². The second-order valence-electron chi connectivity index (χ2n) is 6.66. The van der Waals surface area contributed by atoms with Crippen LogP contribution in [0, 0.1) is 0 Å². The third-order valence-corrected chi connectivity index (χ3v) is 5.51. The number of hydrogen-bond donors (Lipinski definition) is 0. The van der Waals surface area contributed by atoms with Crippen molar-refractivity contribution in [3.05, 3.63) is 48.0 Å². The summed E-state index contributed by atoms with van der Waals surface area (Å²) in [6, 6.07) is 12.9. The molecule has 1 aliphatic heterocycles. The number of amides is 1. The second kappa shape index (κ2) is 8.81. The van der Waals surface area contributed by atoms with Gasteiger partial charge in [-0.3, -0.25) is 9.69 Å². The van der Waals surface area contributed by atoms with E-state index in [0.29, 0.717) is 39.5 Å². The van der Waals surface area contributed by atoms with Gasteiger partial charge in [0.05, 0.1) is 25.5 Å². The Morgan fingerprint density at radius 3 is 2.68 bits per heavy atom. The molecule has 0 radical (unpaired) electrons. The first-order valence-corrected chi connectivity index (χ1v) is 10.9. The van der Waals surface area contributed by atoms with E-state index in [0.717, 1.165) is 5.56 Å². The van der Waals surface area contributed by atoms with Crippen LogP contribution in [0.2, 0.25) is 0 Å². The molecule has 0 bridgehead atoms. The van der Waals surface area contributed by atoms with Crippen molar-refractivity contribution in [1.29, 1.82) is 0 Å². The fourth-order valence-corrected chi connectivity index (χ4v) is 3.77. The molecule has 0 N–H and O–H groups in total. The van der Waals surface area contributed by atoms with E-state index in [-0.39, 0.29) is 12.3 Å². The number of ether oxygens (including phenoxy) is 3. The maximum absolute atomic E-state index is 13.2. The first-order chi connectivity index (χ1) is 15.1. The van der Waals surface area contributed by atoms with Gasteiger partial charge in [0.2, 0.25) is 23.2 Å². The lowest BCUT2D eigenvalue weighted by Gasteiger charge is -2.31. The highest BCUT2D eigenvalue weighted by Gasteiger charge is 2.37. The monoisotopic (exact) mass is 438 g/mol. The van der Waals surface area contributed by atoms with Gasteiger partial charge in [0.25, 0.3) is 0 Å². The molecule has 2 heterocycles. The lowest BCUT2D eigenvalue weighted by atomic mass is 10.1. The zero-order valence-corrected chi connectivity index (χ0v) is 18.5. The molecule has 9 heteroatoms. The predicted octanol–water partition coefficient (Wildman–Crippen LogP) is 4.11. The summed E-state index contributed by atoms with van der Waals surface area (Å²) < 4.78 is 17.4. The molecular weight excluding hydrogens is 416 g/mol. The van der Waals surface area contributed by atoms with Gasteiger partial charge in [0.15, 0.2) is 5.69 Å². The standard InChI is InChI=1S/C22H22N4O4S/c1-5-18(27)26-16-9-7-6-8-14(16)19-20(23-22(31-4)25-24-19)30-21(26)15-12-13(28-2)10-11-17(15)29-3/h6-12,21H,5H2,1-4H3/t21-/m0/s1. The Bertz CT molecular complexity index is 1120. The van der Waals surface area contributed by atoms with Gasteiger partial charge >= 0.3 is 0 Å². The van der Waals surface area contributed by atoms with Crippen LogP contribution in [0.5, 0.6) is 17.4 Å². The number of methoxy groups -OCH3 is 2. The van der Waals surface area contributed by atoms with E-state index in [1.54, 1.807) is 37.3 Å². The van der Waals surface area contributed by atoms with Gasteiger partial charge < -0.3 is 14.2 Å². The molecule has 1 atom stereocenters. The molecule has 160 valence electrons. The number of carbonyl (C=O) groups is 1. The molecule has 0 aliphatic carbocycles. The predicted molar refractivity (Wildman–Crippen MR) is 118 cm³/mol. The third kappa shape index (κ3) is 3.76. The van der Waals surface area contributed by atoms with Gasteiger partial charge in [-0.1, -0.05) is 36.9 Å². The van der Waals surface area contributed by atoms with Gasteiger partial charge in [-0.2, -0.15) is 4.98 Å². The first-order valence-electron chi connectivity index (χ1n) is 9.70. The summed E-state index contributed by atoms with van der Waals surface area (Å²) in [6.45, 7) is 1.81. The number of rotatable bonds is 5. The summed E-state index contributed by atoms with van der Waals surface area (Å²) in [4.78, 5) is 19.4. The van der Waals surface area contributed by atoms with E-state index in [9.17, 15) is 4.79 Å². The van der Waals surface area contributed by atoms with E-state index in [1.165, 1.54) is 11.8 Å². The van der Waals surface area contributed by atoms with Gasteiger partial charge in [-0.25, -0.2) is 0 Å². The van der Waals surface area contributed by atoms with E-state index >= 15 is 0 Å². The van der Waals surface area contributed by atoms with E-state index in [4.69, 9.17) is 14.2 Å². The minimum atomic E-state index is -0.841. The molecule has 0 saturated carbocycles. The number of para-hydroxylation sites is 1. The topological polar surface area (TPSA) is 86.7 Å². The molecule has 1 amide bonds. The van der Waals surface area contributed by atoms with Crippen LogP contribution in [0.15, 0.2) is 47.6 Å². The van der Waals surface area contributed by atoms with Gasteiger partial charge in [-0.15, -0.1) is 10.2 Å². The molecule has 1 aromatic heterocycles. The summed E-state index contributed by atoms with van der Waals surface area (Å²) in [5, 5.41) is 9.01. The molecule has 8 nitrogen and oxygen atoms in total. The van der Waals surface area contributed by atoms with E-state index < -0.39 is 6.23 Å². The number of benzene rings is 2. The summed E-state index contributed by atoms with van der Waals surface area (Å²) in [7, 11) is 3.16. The number of thioether (sulfide) groups is 1. The number of nitrogens with zero attached hydrogens (tertiary/aromatic N) is 4. The molecule has 4 rings (SSSR count). The molecular formula is C22H22N4O4S. The molecule has 1 aliphatic rings. The van der Waals surface area contributed by atoms with Crippen LogP contribution in [0.25, 0.3) is 11.3 Å². The van der Waals surface area contributed by atoms with Crippen molar-refractivity contribution in [2.75, 3.05) is 25.4 Å². The Hall–Kier alpha value is -3.33. The minimum Gasteiger partial charge on any atom is -0.497 e. The van der Waals surface area contributed by atoms with E-state index in [2.05, 4.69) is 15.2 Å².